The van der Waals surface area contributed by atoms with Crippen molar-refractivity contribution in [2.45, 2.75) is 31.0 Å². The van der Waals surface area contributed by atoms with Crippen LogP contribution in [0.4, 0.5) is 0 Å². The normalized spacial score (nSPS) is 32.2. The van der Waals surface area contributed by atoms with Crippen molar-refractivity contribution in [3.63, 3.8) is 0 Å². The Morgan fingerprint density at radius 2 is 2.06 bits per heavy atom. The van der Waals surface area contributed by atoms with Crippen molar-refractivity contribution in [1.82, 2.24) is 4.90 Å². The molecule has 2 saturated heterocycles. The minimum Gasteiger partial charge on any atom is -0.497 e. The molecule has 0 radical (unpaired) electrons. The molecule has 2 aliphatic heterocycles. The highest BCUT2D eigenvalue weighted by atomic mass is 16.5. The van der Waals surface area contributed by atoms with Gasteiger partial charge in [0, 0.05) is 12.1 Å². The summed E-state index contributed by atoms with van der Waals surface area (Å²) < 4.78 is 10.7. The van der Waals surface area contributed by atoms with Gasteiger partial charge in [-0.1, -0.05) is 12.1 Å². The van der Waals surface area contributed by atoms with E-state index in [0.29, 0.717) is 12.8 Å². The van der Waals surface area contributed by atoms with Crippen LogP contribution in [0.5, 0.6) is 5.75 Å². The lowest BCUT2D eigenvalue weighted by atomic mass is 9.90. The van der Waals surface area contributed by atoms with Gasteiger partial charge in [-0.15, -0.1) is 0 Å². The van der Waals surface area contributed by atoms with Gasteiger partial charge in [-0.3, -0.25) is 4.90 Å². The van der Waals surface area contributed by atoms with Crippen molar-refractivity contribution in [2.75, 3.05) is 20.4 Å². The molecule has 0 spiro atoms. The van der Waals surface area contributed by atoms with Gasteiger partial charge in [0.1, 0.15) is 5.75 Å². The molecule has 4 nitrogen and oxygen atoms in total. The average molecular weight is 249 g/mol. The zero-order valence-corrected chi connectivity index (χ0v) is 10.6. The molecule has 1 N–H and O–H groups in total. The fourth-order valence-electron chi connectivity index (χ4n) is 3.00. The van der Waals surface area contributed by atoms with Crippen LogP contribution in [-0.2, 0) is 4.74 Å². The number of methoxy groups -OCH3 is 1. The predicted octanol–water partition coefficient (Wildman–Crippen LogP) is 1.55. The topological polar surface area (TPSA) is 41.9 Å². The van der Waals surface area contributed by atoms with E-state index < -0.39 is 0 Å². The number of nitrogens with zero attached hydrogens (tertiary/aromatic N) is 1. The molecule has 1 aromatic rings. The standard InChI is InChI=1S/C14H19NO3/c1-17-13-4-2-10(3-5-13)14-7-12(16)6-11-8-18-9-15(11)14/h2-5,11-12,14,16H,6-9H2,1H3/t11-,12-,14+/m0/s1. The third kappa shape index (κ3) is 2.11. The van der Waals surface area contributed by atoms with Gasteiger partial charge in [0.25, 0.3) is 0 Å². The second-order valence-electron chi connectivity index (χ2n) is 5.08. The molecule has 18 heavy (non-hydrogen) atoms. The quantitative estimate of drug-likeness (QED) is 0.863. The Morgan fingerprint density at radius 3 is 2.78 bits per heavy atom. The van der Waals surface area contributed by atoms with Crippen LogP contribution in [-0.4, -0.2) is 42.6 Å². The molecule has 0 unspecified atom stereocenters. The summed E-state index contributed by atoms with van der Waals surface area (Å²) in [5.41, 5.74) is 1.23. The van der Waals surface area contributed by atoms with E-state index in [2.05, 4.69) is 17.0 Å². The molecule has 1 aromatic carbocycles. The average Bonchev–Trinajstić information content (AvgIpc) is 2.86. The Hall–Kier alpha value is -1.10. The Morgan fingerprint density at radius 1 is 1.28 bits per heavy atom. The molecule has 0 bridgehead atoms. The third-order valence-electron chi connectivity index (χ3n) is 3.96. The van der Waals surface area contributed by atoms with Crippen LogP contribution in [0.25, 0.3) is 0 Å². The molecular weight excluding hydrogens is 230 g/mol. The van der Waals surface area contributed by atoms with Gasteiger partial charge in [-0.2, -0.15) is 0 Å². The molecule has 4 heteroatoms. The molecule has 98 valence electrons. The van der Waals surface area contributed by atoms with Gasteiger partial charge >= 0.3 is 0 Å². The van der Waals surface area contributed by atoms with Crippen molar-refractivity contribution in [3.05, 3.63) is 29.8 Å². The van der Waals surface area contributed by atoms with E-state index in [-0.39, 0.29) is 12.1 Å². The first-order chi connectivity index (χ1) is 8.78. The second-order valence-corrected chi connectivity index (χ2v) is 5.08. The molecule has 0 aliphatic carbocycles. The largest absolute Gasteiger partial charge is 0.497 e. The number of benzene rings is 1. The van der Waals surface area contributed by atoms with Crippen molar-refractivity contribution in [2.24, 2.45) is 0 Å². The third-order valence-corrected chi connectivity index (χ3v) is 3.96. The summed E-state index contributed by atoms with van der Waals surface area (Å²) in [6.45, 7) is 1.41. The van der Waals surface area contributed by atoms with E-state index in [4.69, 9.17) is 9.47 Å². The first-order valence-electron chi connectivity index (χ1n) is 6.43. The number of hydrogen-bond donors (Lipinski definition) is 1. The van der Waals surface area contributed by atoms with E-state index in [0.717, 1.165) is 25.2 Å². The van der Waals surface area contributed by atoms with Crippen LogP contribution >= 0.6 is 0 Å². The lowest BCUT2D eigenvalue weighted by molar-refractivity contribution is 0.0150. The SMILES string of the molecule is COc1ccc([C@H]2C[C@@H](O)C[C@H]3COCN32)cc1. The van der Waals surface area contributed by atoms with Crippen LogP contribution < -0.4 is 4.74 Å². The van der Waals surface area contributed by atoms with E-state index >= 15 is 0 Å². The maximum atomic E-state index is 9.98. The van der Waals surface area contributed by atoms with Crippen molar-refractivity contribution < 1.29 is 14.6 Å². The Kier molecular flexibility index (Phi) is 3.24. The zero-order chi connectivity index (χ0) is 12.5. The summed E-state index contributed by atoms with van der Waals surface area (Å²) in [6, 6.07) is 8.73. The molecular formula is C14H19NO3. The monoisotopic (exact) mass is 249 g/mol. The summed E-state index contributed by atoms with van der Waals surface area (Å²) in [4.78, 5) is 2.36. The van der Waals surface area contributed by atoms with Gasteiger partial charge in [0.15, 0.2) is 0 Å². The van der Waals surface area contributed by atoms with Gasteiger partial charge < -0.3 is 14.6 Å². The smallest absolute Gasteiger partial charge is 0.118 e. The fourth-order valence-corrected chi connectivity index (χ4v) is 3.00. The van der Waals surface area contributed by atoms with Gasteiger partial charge in [-0.25, -0.2) is 0 Å². The Labute approximate surface area is 107 Å². The highest BCUT2D eigenvalue weighted by molar-refractivity contribution is 5.29. The number of fused-ring (bicyclic) bond motifs is 1. The number of hydrogen-bond acceptors (Lipinski definition) is 4. The van der Waals surface area contributed by atoms with E-state index in [9.17, 15) is 5.11 Å². The molecule has 2 fully saturated rings. The molecule has 0 saturated carbocycles. The fraction of sp³-hybridized carbons (Fsp3) is 0.571. The molecule has 0 amide bonds. The van der Waals surface area contributed by atoms with Crippen LogP contribution in [0.3, 0.4) is 0 Å². The highest BCUT2D eigenvalue weighted by Crippen LogP contribution is 2.37. The summed E-state index contributed by atoms with van der Waals surface area (Å²) in [7, 11) is 1.67. The second kappa shape index (κ2) is 4.88. The van der Waals surface area contributed by atoms with Crippen molar-refractivity contribution in [3.8, 4) is 5.75 Å². The first kappa shape index (κ1) is 12.0. The van der Waals surface area contributed by atoms with E-state index in [1.807, 2.05) is 12.1 Å². The number of aliphatic hydroxyl groups excluding tert-OH is 1. The molecule has 0 aromatic heterocycles. The van der Waals surface area contributed by atoms with Gasteiger partial charge in [0.2, 0.25) is 0 Å². The summed E-state index contributed by atoms with van der Waals surface area (Å²) >= 11 is 0. The maximum absolute atomic E-state index is 9.98. The summed E-state index contributed by atoms with van der Waals surface area (Å²) in [6.07, 6.45) is 1.39. The van der Waals surface area contributed by atoms with E-state index in [1.165, 1.54) is 5.56 Å². The number of ether oxygens (including phenoxy) is 2. The molecule has 3 atom stereocenters. The Balaban J connectivity index is 1.84. The summed E-state index contributed by atoms with van der Waals surface area (Å²) in [5, 5.41) is 9.98. The number of aliphatic hydroxyl groups is 1. The first-order valence-corrected chi connectivity index (χ1v) is 6.43. The van der Waals surface area contributed by atoms with Crippen LogP contribution in [0.15, 0.2) is 24.3 Å². The minimum absolute atomic E-state index is 0.222. The highest BCUT2D eigenvalue weighted by Gasteiger charge is 2.38. The van der Waals surface area contributed by atoms with Crippen LogP contribution in [0, 0.1) is 0 Å². The Bertz CT molecular complexity index is 406. The lowest BCUT2D eigenvalue weighted by Gasteiger charge is -2.38. The zero-order valence-electron chi connectivity index (χ0n) is 10.6. The van der Waals surface area contributed by atoms with Crippen molar-refractivity contribution in [1.29, 1.82) is 0 Å². The summed E-state index contributed by atoms with van der Waals surface area (Å²) in [5.74, 6) is 0.865. The number of piperidine rings is 1. The van der Waals surface area contributed by atoms with Gasteiger partial charge in [-0.05, 0) is 30.5 Å². The predicted molar refractivity (Wildman–Crippen MR) is 67.4 cm³/mol. The van der Waals surface area contributed by atoms with Gasteiger partial charge in [0.05, 0.1) is 26.6 Å². The van der Waals surface area contributed by atoms with Crippen molar-refractivity contribution >= 4 is 0 Å². The molecule has 2 heterocycles. The maximum Gasteiger partial charge on any atom is 0.118 e. The lowest BCUT2D eigenvalue weighted by Crippen LogP contribution is -2.43. The van der Waals surface area contributed by atoms with Crippen LogP contribution in [0.2, 0.25) is 0 Å². The molecule has 3 rings (SSSR count). The number of rotatable bonds is 2. The van der Waals surface area contributed by atoms with Crippen LogP contribution in [0.1, 0.15) is 24.4 Å². The van der Waals surface area contributed by atoms with E-state index in [1.54, 1.807) is 7.11 Å². The minimum atomic E-state index is -0.222. The molecule has 2 aliphatic rings.